The molecule has 5 nitrogen and oxygen atoms in total. The molecule has 0 aliphatic heterocycles. The summed E-state index contributed by atoms with van der Waals surface area (Å²) in [5, 5.41) is 3.35. The highest BCUT2D eigenvalue weighted by molar-refractivity contribution is 5.89. The Morgan fingerprint density at radius 1 is 0.492 bits per heavy atom. The summed E-state index contributed by atoms with van der Waals surface area (Å²) >= 11 is 0. The topological polar surface area (TPSA) is 64.6 Å². The van der Waals surface area contributed by atoms with Crippen molar-refractivity contribution in [2.75, 3.05) is 6.61 Å². The lowest BCUT2D eigenvalue weighted by Gasteiger charge is -2.38. The molecule has 0 saturated carbocycles. The number of ether oxygens (including phenoxy) is 2. The summed E-state index contributed by atoms with van der Waals surface area (Å²) in [5.41, 5.74) is 2.38. The average molecular weight is 884 g/mol. The van der Waals surface area contributed by atoms with Gasteiger partial charge in [-0.3, -0.25) is 4.79 Å². The highest BCUT2D eigenvalue weighted by Gasteiger charge is 2.39. The maximum atomic E-state index is 14.0. The summed E-state index contributed by atoms with van der Waals surface area (Å²) < 4.78 is 13.7. The number of benzene rings is 4. The molecule has 0 saturated heterocycles. The molecule has 65 heavy (non-hydrogen) atoms. The van der Waals surface area contributed by atoms with Crippen LogP contribution in [-0.4, -0.2) is 30.6 Å². The Morgan fingerprint density at radius 2 is 0.862 bits per heavy atom. The number of hydrogen-bond acceptors (Lipinski definition) is 4. The number of unbranched alkanes of at least 4 members (excludes halogenated alkanes) is 23. The molecule has 1 amide bonds. The highest BCUT2D eigenvalue weighted by atomic mass is 16.5. The zero-order valence-corrected chi connectivity index (χ0v) is 40.6. The predicted octanol–water partition coefficient (Wildman–Crippen LogP) is 16.4. The summed E-state index contributed by atoms with van der Waals surface area (Å²) in [4.78, 5) is 27.9. The Morgan fingerprint density at radius 3 is 1.28 bits per heavy atom. The first-order chi connectivity index (χ1) is 32.1. The van der Waals surface area contributed by atoms with E-state index >= 15 is 0 Å². The Hall–Kier alpha value is -4.48. The number of esters is 1. The molecule has 354 valence electrons. The van der Waals surface area contributed by atoms with Crippen LogP contribution in [0.2, 0.25) is 0 Å². The lowest BCUT2D eigenvalue weighted by molar-refractivity contribution is -0.124. The van der Waals surface area contributed by atoms with Gasteiger partial charge in [0.1, 0.15) is 11.7 Å². The van der Waals surface area contributed by atoms with E-state index in [2.05, 4.69) is 61.6 Å². The van der Waals surface area contributed by atoms with Gasteiger partial charge in [-0.25, -0.2) is 4.79 Å². The van der Waals surface area contributed by atoms with Crippen molar-refractivity contribution in [2.45, 2.75) is 199 Å². The molecule has 0 aromatic heterocycles. The molecule has 2 atom stereocenters. The normalized spacial score (nSPS) is 12.6. The molecule has 0 aliphatic carbocycles. The van der Waals surface area contributed by atoms with Crippen molar-refractivity contribution in [3.05, 3.63) is 156 Å². The van der Waals surface area contributed by atoms with Crippen LogP contribution in [0, 0.1) is 0 Å². The third-order valence-electron chi connectivity index (χ3n) is 12.8. The molecule has 4 aromatic carbocycles. The SMILES string of the molecule is CCCCCCCCCCCCCC=C[C@@H](OC(=O)c1ccccc1)[C@H](COC(c1ccccc1)(c1ccccc1)c1ccccc1)NC(=O)CCCCCCCCCCCCCCC. The van der Waals surface area contributed by atoms with E-state index in [0.717, 1.165) is 48.8 Å². The maximum Gasteiger partial charge on any atom is 0.338 e. The van der Waals surface area contributed by atoms with Crippen LogP contribution < -0.4 is 5.32 Å². The van der Waals surface area contributed by atoms with Crippen LogP contribution in [0.1, 0.15) is 208 Å². The maximum absolute atomic E-state index is 14.0. The molecule has 0 heterocycles. The third-order valence-corrected chi connectivity index (χ3v) is 12.8. The molecule has 0 aliphatic rings. The predicted molar refractivity (Wildman–Crippen MR) is 273 cm³/mol. The third kappa shape index (κ3) is 20.7. The van der Waals surface area contributed by atoms with E-state index in [0.29, 0.717) is 12.0 Å². The fourth-order valence-corrected chi connectivity index (χ4v) is 8.96. The molecule has 0 bridgehead atoms. The minimum absolute atomic E-state index is 0.0501. The molecular formula is C60H85NO4. The smallest absolute Gasteiger partial charge is 0.338 e. The molecule has 4 rings (SSSR count). The van der Waals surface area contributed by atoms with Crippen molar-refractivity contribution in [1.29, 1.82) is 0 Å². The number of hydrogen-bond donors (Lipinski definition) is 1. The lowest BCUT2D eigenvalue weighted by atomic mass is 9.80. The van der Waals surface area contributed by atoms with Crippen LogP contribution in [0.15, 0.2) is 133 Å². The first-order valence-corrected chi connectivity index (χ1v) is 26.1. The second kappa shape index (κ2) is 33.9. The van der Waals surface area contributed by atoms with E-state index in [4.69, 9.17) is 9.47 Å². The minimum Gasteiger partial charge on any atom is -0.452 e. The second-order valence-electron chi connectivity index (χ2n) is 18.2. The number of rotatable bonds is 37. The lowest BCUT2D eigenvalue weighted by Crippen LogP contribution is -2.49. The van der Waals surface area contributed by atoms with Crippen molar-refractivity contribution in [3.63, 3.8) is 0 Å². The quantitative estimate of drug-likeness (QED) is 0.0212. The van der Waals surface area contributed by atoms with Crippen LogP contribution >= 0.6 is 0 Å². The molecule has 0 unspecified atom stereocenters. The van der Waals surface area contributed by atoms with E-state index in [-0.39, 0.29) is 12.5 Å². The van der Waals surface area contributed by atoms with Gasteiger partial charge < -0.3 is 14.8 Å². The van der Waals surface area contributed by atoms with Gasteiger partial charge in [-0.15, -0.1) is 0 Å². The van der Waals surface area contributed by atoms with Gasteiger partial charge in [-0.05, 0) is 54.2 Å². The zero-order valence-electron chi connectivity index (χ0n) is 40.6. The van der Waals surface area contributed by atoms with E-state index in [1.54, 1.807) is 12.1 Å². The van der Waals surface area contributed by atoms with E-state index in [1.165, 1.54) is 128 Å². The van der Waals surface area contributed by atoms with Crippen molar-refractivity contribution in [3.8, 4) is 0 Å². The first kappa shape index (κ1) is 53.1. The number of carbonyl (C=O) groups excluding carboxylic acids is 2. The van der Waals surface area contributed by atoms with Gasteiger partial charge in [-0.1, -0.05) is 270 Å². The van der Waals surface area contributed by atoms with Crippen molar-refractivity contribution >= 4 is 11.9 Å². The van der Waals surface area contributed by atoms with E-state index in [9.17, 15) is 9.59 Å². The second-order valence-corrected chi connectivity index (χ2v) is 18.2. The van der Waals surface area contributed by atoms with Crippen LogP contribution in [0.25, 0.3) is 0 Å². The Labute approximate surface area is 395 Å². The first-order valence-electron chi connectivity index (χ1n) is 26.1. The fourth-order valence-electron chi connectivity index (χ4n) is 8.96. The fraction of sp³-hybridized carbons (Fsp3) is 0.533. The summed E-state index contributed by atoms with van der Waals surface area (Å²) in [6.07, 6.45) is 35.1. The van der Waals surface area contributed by atoms with Crippen LogP contribution in [0.4, 0.5) is 0 Å². The Balaban J connectivity index is 1.49. The average Bonchev–Trinajstić information content (AvgIpc) is 3.35. The molecule has 0 spiro atoms. The molecule has 0 radical (unpaired) electrons. The van der Waals surface area contributed by atoms with Crippen molar-refractivity contribution in [1.82, 2.24) is 5.32 Å². The van der Waals surface area contributed by atoms with Gasteiger partial charge in [0.05, 0.1) is 18.2 Å². The summed E-state index contributed by atoms with van der Waals surface area (Å²) in [7, 11) is 0. The zero-order chi connectivity index (χ0) is 45.9. The van der Waals surface area contributed by atoms with Crippen molar-refractivity contribution in [2.24, 2.45) is 0 Å². The van der Waals surface area contributed by atoms with Crippen LogP contribution in [-0.2, 0) is 19.9 Å². The Kier molecular flexibility index (Phi) is 27.7. The van der Waals surface area contributed by atoms with Gasteiger partial charge in [0.15, 0.2) is 0 Å². The molecule has 4 aromatic rings. The Bertz CT molecular complexity index is 1700. The monoisotopic (exact) mass is 884 g/mol. The van der Waals surface area contributed by atoms with Gasteiger partial charge in [0.25, 0.3) is 0 Å². The minimum atomic E-state index is -1.00. The van der Waals surface area contributed by atoms with Gasteiger partial charge in [-0.2, -0.15) is 0 Å². The largest absolute Gasteiger partial charge is 0.452 e. The highest BCUT2D eigenvalue weighted by Crippen LogP contribution is 2.40. The number of amides is 1. The summed E-state index contributed by atoms with van der Waals surface area (Å²) in [5.74, 6) is -0.475. The van der Waals surface area contributed by atoms with E-state index < -0.39 is 23.7 Å². The molecule has 0 fully saturated rings. The van der Waals surface area contributed by atoms with Crippen LogP contribution in [0.5, 0.6) is 0 Å². The van der Waals surface area contributed by atoms with Gasteiger partial charge >= 0.3 is 5.97 Å². The molecule has 5 heteroatoms. The van der Waals surface area contributed by atoms with Crippen molar-refractivity contribution < 1.29 is 19.1 Å². The summed E-state index contributed by atoms with van der Waals surface area (Å²) in [6.45, 7) is 4.64. The van der Waals surface area contributed by atoms with Crippen LogP contribution in [0.3, 0.4) is 0 Å². The van der Waals surface area contributed by atoms with E-state index in [1.807, 2.05) is 78.9 Å². The van der Waals surface area contributed by atoms with Gasteiger partial charge in [0, 0.05) is 6.42 Å². The number of allylic oxidation sites excluding steroid dienone is 1. The molecule has 1 N–H and O–H groups in total. The number of nitrogens with one attached hydrogen (secondary N) is 1. The molecular weight excluding hydrogens is 799 g/mol. The summed E-state index contributed by atoms with van der Waals surface area (Å²) in [6, 6.07) is 39.4. The number of carbonyl (C=O) groups is 2. The standard InChI is InChI=1S/C60H85NO4/c1-3-5-7-9-11-13-15-17-19-21-23-25-39-49-57(65-59(63)52-41-31-27-32-42-52)56(61-58(62)50-40-26-24-22-20-18-16-14-12-10-8-6-4-2)51-64-60(53-43-33-28-34-44-53,54-45-35-29-36-46-54)55-47-37-30-38-48-55/h27-39,41-49,56-57H,3-26,40,50-51H2,1-2H3,(H,61,62)/t56-,57+/m0/s1. The van der Waals surface area contributed by atoms with Gasteiger partial charge in [0.2, 0.25) is 5.91 Å².